The SMILES string of the molecule is CC(OC(=O)C(F)(F)F)c1c(F)cccc1F. The fraction of sp³-hybridized carbons (Fsp3) is 0.300. The number of alkyl halides is 3. The normalized spacial score (nSPS) is 13.3. The highest BCUT2D eigenvalue weighted by Crippen LogP contribution is 2.26. The molecule has 0 aromatic heterocycles. The van der Waals surface area contributed by atoms with Gasteiger partial charge in [-0.3, -0.25) is 0 Å². The van der Waals surface area contributed by atoms with Gasteiger partial charge in [0.25, 0.3) is 0 Å². The van der Waals surface area contributed by atoms with Crippen LogP contribution >= 0.6 is 0 Å². The summed E-state index contributed by atoms with van der Waals surface area (Å²) in [6.45, 7) is 0.950. The number of ether oxygens (including phenoxy) is 1. The van der Waals surface area contributed by atoms with Gasteiger partial charge in [0.05, 0.1) is 5.56 Å². The summed E-state index contributed by atoms with van der Waals surface area (Å²) in [7, 11) is 0. The zero-order valence-electron chi connectivity index (χ0n) is 8.52. The molecule has 0 spiro atoms. The van der Waals surface area contributed by atoms with Gasteiger partial charge in [-0.1, -0.05) is 6.07 Å². The molecule has 94 valence electrons. The lowest BCUT2D eigenvalue weighted by molar-refractivity contribution is -0.204. The predicted octanol–water partition coefficient (Wildman–Crippen LogP) is 3.13. The largest absolute Gasteiger partial charge is 0.490 e. The van der Waals surface area contributed by atoms with E-state index in [1.165, 1.54) is 0 Å². The Bertz CT molecular complexity index is 407. The average molecular weight is 254 g/mol. The van der Waals surface area contributed by atoms with Gasteiger partial charge in [0, 0.05) is 0 Å². The van der Waals surface area contributed by atoms with E-state index in [1.807, 2.05) is 0 Å². The van der Waals surface area contributed by atoms with Gasteiger partial charge in [-0.2, -0.15) is 13.2 Å². The van der Waals surface area contributed by atoms with Crippen molar-refractivity contribution in [3.05, 3.63) is 35.4 Å². The Morgan fingerprint density at radius 3 is 2.12 bits per heavy atom. The van der Waals surface area contributed by atoms with Crippen molar-refractivity contribution in [2.75, 3.05) is 0 Å². The molecule has 1 atom stereocenters. The Labute approximate surface area is 93.0 Å². The molecule has 0 aliphatic rings. The molecule has 0 radical (unpaired) electrons. The lowest BCUT2D eigenvalue weighted by Crippen LogP contribution is -2.27. The van der Waals surface area contributed by atoms with Crippen molar-refractivity contribution in [3.63, 3.8) is 0 Å². The number of esters is 1. The molecule has 0 aliphatic heterocycles. The van der Waals surface area contributed by atoms with E-state index in [-0.39, 0.29) is 0 Å². The van der Waals surface area contributed by atoms with Crippen LogP contribution in [0.5, 0.6) is 0 Å². The molecule has 1 rings (SSSR count). The van der Waals surface area contributed by atoms with Gasteiger partial charge in [-0.25, -0.2) is 13.6 Å². The minimum atomic E-state index is -5.20. The Balaban J connectivity index is 2.91. The van der Waals surface area contributed by atoms with Gasteiger partial charge in [0.2, 0.25) is 0 Å². The number of hydrogen-bond acceptors (Lipinski definition) is 2. The zero-order chi connectivity index (χ0) is 13.2. The fourth-order valence-electron chi connectivity index (χ4n) is 1.19. The summed E-state index contributed by atoms with van der Waals surface area (Å²) in [6, 6.07) is 2.76. The van der Waals surface area contributed by atoms with Gasteiger partial charge in [0.1, 0.15) is 17.7 Å². The van der Waals surface area contributed by atoms with Crippen LogP contribution < -0.4 is 0 Å². The first kappa shape index (κ1) is 13.4. The molecule has 0 aliphatic carbocycles. The number of carbonyl (C=O) groups excluding carboxylic acids is 1. The molecule has 17 heavy (non-hydrogen) atoms. The van der Waals surface area contributed by atoms with Crippen molar-refractivity contribution in [2.45, 2.75) is 19.2 Å². The van der Waals surface area contributed by atoms with Crippen LogP contribution in [0.1, 0.15) is 18.6 Å². The highest BCUT2D eigenvalue weighted by molar-refractivity contribution is 5.75. The molecule has 0 amide bonds. The molecule has 7 heteroatoms. The van der Waals surface area contributed by atoms with Crippen LogP contribution in [0.3, 0.4) is 0 Å². The van der Waals surface area contributed by atoms with Gasteiger partial charge >= 0.3 is 12.1 Å². The molecule has 0 saturated heterocycles. The maximum absolute atomic E-state index is 13.1. The van der Waals surface area contributed by atoms with E-state index >= 15 is 0 Å². The third kappa shape index (κ3) is 3.15. The van der Waals surface area contributed by atoms with Crippen LogP contribution in [0.15, 0.2) is 18.2 Å². The molecular weight excluding hydrogens is 247 g/mol. The fourth-order valence-corrected chi connectivity index (χ4v) is 1.19. The maximum Gasteiger partial charge on any atom is 0.490 e. The van der Waals surface area contributed by atoms with E-state index in [0.717, 1.165) is 25.1 Å². The highest BCUT2D eigenvalue weighted by atomic mass is 19.4. The monoisotopic (exact) mass is 254 g/mol. The van der Waals surface area contributed by atoms with Crippen molar-refractivity contribution < 1.29 is 31.5 Å². The van der Waals surface area contributed by atoms with E-state index in [9.17, 15) is 26.7 Å². The Hall–Kier alpha value is -1.66. The number of rotatable bonds is 2. The number of benzene rings is 1. The minimum absolute atomic E-state index is 0.717. The predicted molar refractivity (Wildman–Crippen MR) is 46.9 cm³/mol. The van der Waals surface area contributed by atoms with Gasteiger partial charge in [-0.05, 0) is 19.1 Å². The third-order valence-electron chi connectivity index (χ3n) is 1.92. The van der Waals surface area contributed by atoms with Crippen molar-refractivity contribution in [1.82, 2.24) is 0 Å². The molecule has 0 heterocycles. The van der Waals surface area contributed by atoms with E-state index in [1.54, 1.807) is 0 Å². The highest BCUT2D eigenvalue weighted by Gasteiger charge is 2.42. The second-order valence-electron chi connectivity index (χ2n) is 3.18. The summed E-state index contributed by atoms with van der Waals surface area (Å²) in [6.07, 6.45) is -6.86. The van der Waals surface area contributed by atoms with Crippen molar-refractivity contribution >= 4 is 5.97 Å². The van der Waals surface area contributed by atoms with Crippen LogP contribution in [0.2, 0.25) is 0 Å². The third-order valence-corrected chi connectivity index (χ3v) is 1.92. The lowest BCUT2D eigenvalue weighted by Gasteiger charge is -2.15. The molecule has 0 saturated carbocycles. The number of halogens is 5. The molecule has 2 nitrogen and oxygen atoms in total. The Kier molecular flexibility index (Phi) is 3.69. The summed E-state index contributed by atoms with van der Waals surface area (Å²) in [5, 5.41) is 0. The van der Waals surface area contributed by atoms with E-state index in [2.05, 4.69) is 4.74 Å². The topological polar surface area (TPSA) is 26.3 Å². The van der Waals surface area contributed by atoms with Crippen LogP contribution in [0, 0.1) is 11.6 Å². The zero-order valence-corrected chi connectivity index (χ0v) is 8.52. The summed E-state index contributed by atoms with van der Waals surface area (Å²) in [5.74, 6) is -4.65. The number of hydrogen-bond donors (Lipinski definition) is 0. The van der Waals surface area contributed by atoms with Crippen LogP contribution in [-0.4, -0.2) is 12.1 Å². The van der Waals surface area contributed by atoms with Crippen LogP contribution in [0.25, 0.3) is 0 Å². The summed E-state index contributed by atoms with van der Waals surface area (Å²) < 4.78 is 65.8. The average Bonchev–Trinajstić information content (AvgIpc) is 2.15. The first-order valence-corrected chi connectivity index (χ1v) is 4.45. The summed E-state index contributed by atoms with van der Waals surface area (Å²) >= 11 is 0. The van der Waals surface area contributed by atoms with E-state index in [4.69, 9.17) is 0 Å². The minimum Gasteiger partial charge on any atom is -0.451 e. The van der Waals surface area contributed by atoms with Crippen LogP contribution in [-0.2, 0) is 9.53 Å². The first-order chi connectivity index (χ1) is 7.73. The smallest absolute Gasteiger partial charge is 0.451 e. The molecule has 1 aromatic carbocycles. The van der Waals surface area contributed by atoms with Gasteiger partial charge in [0.15, 0.2) is 0 Å². The van der Waals surface area contributed by atoms with Crippen LogP contribution in [0.4, 0.5) is 22.0 Å². The molecular formula is C10H7F5O2. The molecule has 1 aromatic rings. The molecule has 0 N–H and O–H groups in total. The standard InChI is InChI=1S/C10H7F5O2/c1-5(17-9(16)10(13,14)15)8-6(11)3-2-4-7(8)12/h2-5H,1H3. The van der Waals surface area contributed by atoms with Gasteiger partial charge in [-0.15, -0.1) is 0 Å². The lowest BCUT2D eigenvalue weighted by atomic mass is 10.1. The number of carbonyl (C=O) groups is 1. The van der Waals surface area contributed by atoms with Gasteiger partial charge < -0.3 is 4.74 Å². The second kappa shape index (κ2) is 4.68. The van der Waals surface area contributed by atoms with Crippen molar-refractivity contribution in [2.24, 2.45) is 0 Å². The van der Waals surface area contributed by atoms with Crippen molar-refractivity contribution in [3.8, 4) is 0 Å². The van der Waals surface area contributed by atoms with E-state index < -0.39 is 35.4 Å². The second-order valence-corrected chi connectivity index (χ2v) is 3.18. The molecule has 1 unspecified atom stereocenters. The molecule has 0 fully saturated rings. The van der Waals surface area contributed by atoms with E-state index in [0.29, 0.717) is 0 Å². The summed E-state index contributed by atoms with van der Waals surface area (Å²) in [5.41, 5.74) is -0.717. The Morgan fingerprint density at radius 1 is 1.24 bits per heavy atom. The first-order valence-electron chi connectivity index (χ1n) is 4.45. The quantitative estimate of drug-likeness (QED) is 0.598. The maximum atomic E-state index is 13.1. The summed E-state index contributed by atoms with van der Waals surface area (Å²) in [4.78, 5) is 10.5. The van der Waals surface area contributed by atoms with Crippen molar-refractivity contribution in [1.29, 1.82) is 0 Å². The molecule has 0 bridgehead atoms. The Morgan fingerprint density at radius 2 is 1.71 bits per heavy atom.